The lowest BCUT2D eigenvalue weighted by Gasteiger charge is -2.12. The summed E-state index contributed by atoms with van der Waals surface area (Å²) in [6, 6.07) is 16.5. The molecule has 0 aliphatic carbocycles. The van der Waals surface area contributed by atoms with Crippen LogP contribution in [0.15, 0.2) is 48.5 Å². The quantitative estimate of drug-likeness (QED) is 0.242. The van der Waals surface area contributed by atoms with Crippen LogP contribution in [0.5, 0.6) is 11.5 Å². The Morgan fingerprint density at radius 2 is 1.16 bits per heavy atom. The van der Waals surface area contributed by atoms with Gasteiger partial charge in [-0.1, -0.05) is 64.9 Å². The van der Waals surface area contributed by atoms with Gasteiger partial charge >= 0.3 is 0 Å². The molecule has 0 aromatic heterocycles. The predicted octanol–water partition coefficient (Wildman–Crippen LogP) is 7.52. The SMILES string of the molecule is CCCCCCCOc1cccc(NCCNc2ccc(OCCCCCC)cc2)c1. The van der Waals surface area contributed by atoms with Crippen molar-refractivity contribution in [2.75, 3.05) is 36.9 Å². The van der Waals surface area contributed by atoms with Gasteiger partial charge < -0.3 is 20.1 Å². The molecule has 0 fully saturated rings. The number of rotatable bonds is 18. The van der Waals surface area contributed by atoms with Crippen molar-refractivity contribution in [1.29, 1.82) is 0 Å². The largest absolute Gasteiger partial charge is 0.494 e. The Bertz CT molecular complexity index is 688. The molecule has 4 heteroatoms. The second kappa shape index (κ2) is 16.3. The van der Waals surface area contributed by atoms with Gasteiger partial charge in [-0.3, -0.25) is 0 Å². The third kappa shape index (κ3) is 11.6. The molecule has 0 amide bonds. The summed E-state index contributed by atoms with van der Waals surface area (Å²) in [4.78, 5) is 0. The Hall–Kier alpha value is -2.36. The van der Waals surface area contributed by atoms with E-state index in [4.69, 9.17) is 9.47 Å². The third-order valence-corrected chi connectivity index (χ3v) is 5.25. The zero-order valence-corrected chi connectivity index (χ0v) is 19.6. The second-order valence-electron chi connectivity index (χ2n) is 8.08. The molecule has 0 aliphatic heterocycles. The molecule has 2 aromatic rings. The molecule has 2 aromatic carbocycles. The first-order chi connectivity index (χ1) is 15.3. The maximum atomic E-state index is 5.89. The van der Waals surface area contributed by atoms with Crippen molar-refractivity contribution in [3.05, 3.63) is 48.5 Å². The molecule has 2 N–H and O–H groups in total. The van der Waals surface area contributed by atoms with Crippen molar-refractivity contribution in [2.24, 2.45) is 0 Å². The third-order valence-electron chi connectivity index (χ3n) is 5.25. The summed E-state index contributed by atoms with van der Waals surface area (Å²) in [7, 11) is 0. The van der Waals surface area contributed by atoms with Gasteiger partial charge in [-0.2, -0.15) is 0 Å². The first kappa shape index (κ1) is 24.9. The van der Waals surface area contributed by atoms with E-state index in [9.17, 15) is 0 Å². The molecule has 2 rings (SSSR count). The van der Waals surface area contributed by atoms with Crippen LogP contribution in [0.25, 0.3) is 0 Å². The molecule has 0 unspecified atom stereocenters. The molecule has 4 nitrogen and oxygen atoms in total. The molecular formula is C27H42N2O2. The normalized spacial score (nSPS) is 10.6. The Morgan fingerprint density at radius 1 is 0.581 bits per heavy atom. The lowest BCUT2D eigenvalue weighted by molar-refractivity contribution is 0.304. The molecule has 31 heavy (non-hydrogen) atoms. The summed E-state index contributed by atoms with van der Waals surface area (Å²) < 4.78 is 11.7. The predicted molar refractivity (Wildman–Crippen MR) is 134 cm³/mol. The summed E-state index contributed by atoms with van der Waals surface area (Å²) in [5.41, 5.74) is 2.21. The lowest BCUT2D eigenvalue weighted by atomic mass is 10.2. The lowest BCUT2D eigenvalue weighted by Crippen LogP contribution is -2.13. The highest BCUT2D eigenvalue weighted by Crippen LogP contribution is 2.18. The number of benzene rings is 2. The second-order valence-corrected chi connectivity index (χ2v) is 8.08. The molecule has 0 spiro atoms. The minimum absolute atomic E-state index is 0.799. The van der Waals surface area contributed by atoms with Crippen LogP contribution >= 0.6 is 0 Å². The number of nitrogens with one attached hydrogen (secondary N) is 2. The first-order valence-corrected chi connectivity index (χ1v) is 12.2. The Kier molecular flexibility index (Phi) is 13.1. The fraction of sp³-hybridized carbons (Fsp3) is 0.556. The number of anilines is 2. The van der Waals surface area contributed by atoms with E-state index in [0.29, 0.717) is 0 Å². The molecule has 0 heterocycles. The van der Waals surface area contributed by atoms with Gasteiger partial charge in [0.15, 0.2) is 0 Å². The van der Waals surface area contributed by atoms with Gasteiger partial charge in [0.1, 0.15) is 11.5 Å². The van der Waals surface area contributed by atoms with Gasteiger partial charge in [0, 0.05) is 30.5 Å². The van der Waals surface area contributed by atoms with Crippen molar-refractivity contribution >= 4 is 11.4 Å². The molecule has 0 saturated heterocycles. The van der Waals surface area contributed by atoms with Gasteiger partial charge in [0.25, 0.3) is 0 Å². The highest BCUT2D eigenvalue weighted by molar-refractivity contribution is 5.49. The standard InChI is InChI=1S/C27H42N2O2/c1-3-5-7-9-11-22-31-27-14-12-13-25(23-27)29-20-19-28-24-15-17-26(18-16-24)30-21-10-8-6-4-2/h12-18,23,28-29H,3-11,19-22H2,1-2H3. The minimum Gasteiger partial charge on any atom is -0.494 e. The highest BCUT2D eigenvalue weighted by atomic mass is 16.5. The molecular weight excluding hydrogens is 384 g/mol. The van der Waals surface area contributed by atoms with Gasteiger partial charge in [-0.25, -0.2) is 0 Å². The fourth-order valence-corrected chi connectivity index (χ4v) is 3.39. The van der Waals surface area contributed by atoms with Gasteiger partial charge in [-0.15, -0.1) is 0 Å². The van der Waals surface area contributed by atoms with Gasteiger partial charge in [0.2, 0.25) is 0 Å². The van der Waals surface area contributed by atoms with E-state index >= 15 is 0 Å². The van der Waals surface area contributed by atoms with E-state index < -0.39 is 0 Å². The molecule has 0 atom stereocenters. The van der Waals surface area contributed by atoms with Crippen molar-refractivity contribution < 1.29 is 9.47 Å². The van der Waals surface area contributed by atoms with E-state index in [0.717, 1.165) is 62.0 Å². The van der Waals surface area contributed by atoms with Gasteiger partial charge in [0.05, 0.1) is 13.2 Å². The Morgan fingerprint density at radius 3 is 1.84 bits per heavy atom. The maximum Gasteiger partial charge on any atom is 0.121 e. The topological polar surface area (TPSA) is 42.5 Å². The Balaban J connectivity index is 1.59. The fourth-order valence-electron chi connectivity index (χ4n) is 3.39. The average molecular weight is 427 g/mol. The zero-order valence-electron chi connectivity index (χ0n) is 19.6. The van der Waals surface area contributed by atoms with E-state index in [1.165, 1.54) is 44.9 Å². The van der Waals surface area contributed by atoms with Gasteiger partial charge in [-0.05, 0) is 49.2 Å². The summed E-state index contributed by atoms with van der Waals surface area (Å²) in [5.74, 6) is 1.89. The van der Waals surface area contributed by atoms with E-state index in [1.807, 2.05) is 24.3 Å². The van der Waals surface area contributed by atoms with E-state index in [2.05, 4.69) is 48.7 Å². The van der Waals surface area contributed by atoms with Crippen LogP contribution in [0.4, 0.5) is 11.4 Å². The zero-order chi connectivity index (χ0) is 22.0. The van der Waals surface area contributed by atoms with Crippen LogP contribution in [0, 0.1) is 0 Å². The van der Waals surface area contributed by atoms with E-state index in [-0.39, 0.29) is 0 Å². The van der Waals surface area contributed by atoms with Crippen LogP contribution < -0.4 is 20.1 Å². The van der Waals surface area contributed by atoms with Crippen molar-refractivity contribution in [3.8, 4) is 11.5 Å². The molecule has 0 bridgehead atoms. The number of hydrogen-bond donors (Lipinski definition) is 2. The number of ether oxygens (including phenoxy) is 2. The number of hydrogen-bond acceptors (Lipinski definition) is 4. The molecule has 0 aliphatic rings. The monoisotopic (exact) mass is 426 g/mol. The molecule has 172 valence electrons. The van der Waals surface area contributed by atoms with E-state index in [1.54, 1.807) is 0 Å². The summed E-state index contributed by atoms with van der Waals surface area (Å²) in [6.07, 6.45) is 11.2. The Labute approximate surface area is 189 Å². The van der Waals surface area contributed by atoms with Crippen LogP contribution in [0.1, 0.15) is 71.6 Å². The summed E-state index contributed by atoms with van der Waals surface area (Å²) >= 11 is 0. The summed E-state index contributed by atoms with van der Waals surface area (Å²) in [6.45, 7) is 7.76. The van der Waals surface area contributed by atoms with Crippen LogP contribution in [0.2, 0.25) is 0 Å². The minimum atomic E-state index is 0.799. The maximum absolute atomic E-state index is 5.89. The smallest absolute Gasteiger partial charge is 0.121 e. The number of unbranched alkanes of at least 4 members (excludes halogenated alkanes) is 7. The van der Waals surface area contributed by atoms with Crippen LogP contribution in [0.3, 0.4) is 0 Å². The first-order valence-electron chi connectivity index (χ1n) is 12.2. The van der Waals surface area contributed by atoms with Crippen LogP contribution in [-0.2, 0) is 0 Å². The molecule has 0 saturated carbocycles. The van der Waals surface area contributed by atoms with Crippen molar-refractivity contribution in [3.63, 3.8) is 0 Å². The highest BCUT2D eigenvalue weighted by Gasteiger charge is 1.99. The van der Waals surface area contributed by atoms with Crippen molar-refractivity contribution in [1.82, 2.24) is 0 Å². The average Bonchev–Trinajstić information content (AvgIpc) is 2.80. The van der Waals surface area contributed by atoms with Crippen LogP contribution in [-0.4, -0.2) is 26.3 Å². The van der Waals surface area contributed by atoms with Crippen molar-refractivity contribution in [2.45, 2.75) is 71.6 Å². The summed E-state index contributed by atoms with van der Waals surface area (Å²) in [5, 5.41) is 6.91. The molecule has 0 radical (unpaired) electrons.